The number of nitrogen functional groups attached to an aromatic ring is 1. The molecule has 75 heavy (non-hydrogen) atoms. The number of nitrogens with zero attached hydrogens (tertiary/aromatic N) is 10. The first-order valence-corrected chi connectivity index (χ1v) is 26.7. The molecule has 4 aliphatic rings. The van der Waals surface area contributed by atoms with Crippen LogP contribution < -0.4 is 11.1 Å². The lowest BCUT2D eigenvalue weighted by Crippen LogP contribution is -2.55. The highest BCUT2D eigenvalue weighted by Crippen LogP contribution is 2.27. The van der Waals surface area contributed by atoms with Crippen LogP contribution in [0.1, 0.15) is 101 Å². The highest BCUT2D eigenvalue weighted by molar-refractivity contribution is 6.28. The number of aryl methyl sites for hydroxylation is 4. The molecule has 6 aromatic rings. The lowest BCUT2D eigenvalue weighted by molar-refractivity contribution is -0.148. The third-order valence-electron chi connectivity index (χ3n) is 13.7. The van der Waals surface area contributed by atoms with Crippen molar-refractivity contribution >= 4 is 40.7 Å². The van der Waals surface area contributed by atoms with Crippen LogP contribution >= 0.6 is 11.6 Å². The monoisotopic (exact) mass is 1040 g/mol. The van der Waals surface area contributed by atoms with Crippen molar-refractivity contribution in [1.82, 2.24) is 49.3 Å². The molecule has 8 heterocycles. The summed E-state index contributed by atoms with van der Waals surface area (Å²) >= 11 is 5.86. The molecule has 0 radical (unpaired) electrons. The Morgan fingerprint density at radius 1 is 0.680 bits per heavy atom. The molecule has 4 aromatic heterocycles. The van der Waals surface area contributed by atoms with Gasteiger partial charge in [-0.15, -0.1) is 0 Å². The van der Waals surface area contributed by atoms with E-state index in [0.717, 1.165) is 110 Å². The van der Waals surface area contributed by atoms with Crippen molar-refractivity contribution in [2.24, 2.45) is 0 Å². The summed E-state index contributed by atoms with van der Waals surface area (Å²) in [6.45, 7) is 18.3. The molecule has 0 spiro atoms. The van der Waals surface area contributed by atoms with E-state index >= 15 is 0 Å². The first-order valence-electron chi connectivity index (χ1n) is 26.4. The van der Waals surface area contributed by atoms with E-state index in [-0.39, 0.29) is 41.5 Å². The number of amides is 2. The van der Waals surface area contributed by atoms with Gasteiger partial charge in [-0.05, 0) is 138 Å². The van der Waals surface area contributed by atoms with E-state index in [2.05, 4.69) is 74.6 Å². The van der Waals surface area contributed by atoms with Gasteiger partial charge < -0.3 is 39.8 Å². The summed E-state index contributed by atoms with van der Waals surface area (Å²) < 4.78 is 26.1. The number of nitrogens with one attached hydrogen (secondary N) is 1. The average molecular weight is 1050 g/mol. The number of hydrogen-bond donors (Lipinski definition) is 2. The first kappa shape index (κ1) is 54.9. The van der Waals surface area contributed by atoms with Crippen LogP contribution in [0.5, 0.6) is 0 Å². The van der Waals surface area contributed by atoms with Gasteiger partial charge in [0.1, 0.15) is 0 Å². The molecule has 19 heteroatoms. The minimum absolute atomic E-state index is 0.181. The number of benzene rings is 2. The molecule has 4 aliphatic heterocycles. The van der Waals surface area contributed by atoms with Gasteiger partial charge in [0.15, 0.2) is 0 Å². The molecule has 4 saturated heterocycles. The van der Waals surface area contributed by atoms with E-state index in [1.54, 1.807) is 18.6 Å². The van der Waals surface area contributed by atoms with Crippen LogP contribution in [0.15, 0.2) is 85.7 Å². The predicted molar refractivity (Wildman–Crippen MR) is 290 cm³/mol. The maximum atomic E-state index is 12.5. The number of nitrogens with two attached hydrogens (primary N) is 1. The highest BCUT2D eigenvalue weighted by Gasteiger charge is 2.32. The number of ether oxygens (including phenoxy) is 4. The average Bonchev–Trinajstić information content (AvgIpc) is 4.05. The largest absolute Gasteiger partial charge is 0.396 e. The molecular formula is C56H73ClN12O6. The van der Waals surface area contributed by atoms with E-state index in [0.29, 0.717) is 57.1 Å². The Hall–Kier alpha value is -6.31. The van der Waals surface area contributed by atoms with E-state index in [1.165, 1.54) is 11.1 Å². The third kappa shape index (κ3) is 15.9. The van der Waals surface area contributed by atoms with Gasteiger partial charge in [-0.3, -0.25) is 19.0 Å². The van der Waals surface area contributed by atoms with Crippen molar-refractivity contribution in [2.45, 2.75) is 129 Å². The van der Waals surface area contributed by atoms with E-state index in [4.69, 9.17) is 41.3 Å². The number of hydrogen-bond acceptors (Lipinski definition) is 14. The van der Waals surface area contributed by atoms with Crippen molar-refractivity contribution in [3.8, 4) is 22.5 Å². The zero-order valence-corrected chi connectivity index (χ0v) is 45.0. The van der Waals surface area contributed by atoms with Gasteiger partial charge in [0.05, 0.1) is 71.7 Å². The molecule has 18 nitrogen and oxygen atoms in total. The van der Waals surface area contributed by atoms with Crippen LogP contribution in [0, 0.1) is 13.8 Å². The fourth-order valence-corrected chi connectivity index (χ4v) is 9.70. The minimum atomic E-state index is 0.181. The van der Waals surface area contributed by atoms with E-state index in [1.807, 2.05) is 83.6 Å². The normalized spacial score (nSPS) is 16.4. The summed E-state index contributed by atoms with van der Waals surface area (Å²) in [4.78, 5) is 45.9. The van der Waals surface area contributed by atoms with Crippen molar-refractivity contribution in [1.29, 1.82) is 0 Å². The van der Waals surface area contributed by atoms with Gasteiger partial charge in [0, 0.05) is 101 Å². The van der Waals surface area contributed by atoms with Crippen LogP contribution in [0.3, 0.4) is 0 Å². The Morgan fingerprint density at radius 2 is 1.16 bits per heavy atom. The van der Waals surface area contributed by atoms with Gasteiger partial charge in [0.2, 0.25) is 23.0 Å². The molecule has 4 fully saturated rings. The summed E-state index contributed by atoms with van der Waals surface area (Å²) in [6.07, 6.45) is 18.1. The Kier molecular flexibility index (Phi) is 19.4. The number of aromatic nitrogens is 8. The Morgan fingerprint density at radius 3 is 1.63 bits per heavy atom. The number of halogens is 1. The van der Waals surface area contributed by atoms with Crippen LogP contribution in [0.4, 0.5) is 17.3 Å². The third-order valence-corrected chi connectivity index (χ3v) is 13.9. The molecule has 2 amide bonds. The standard InChI is InChI=1S/C28H36N6O3.C20H24ClN3O2.C8H13N3O/c1-19(2)37-25-17-33(18-25)27(35)7-6-21-4-5-22(14-20(21)3)26-8-11-29-28(32-26)31-23-15-30-34(16-23)24-9-12-36-13-10-24;1-13(2)26-17-11-24(12-17)19(25)7-6-15-4-5-16(10-14(15)3)18-8-9-22-20(21)23-18;9-7-5-10-11(6-7)8-1-3-12-4-2-8/h4-5,8,11,14-16,19,24-25H,6-7,9-10,12-13,17-18H2,1-3H3,(H,29,31,32);4-5,8-10,13,17H,6-7,11-12H2,1-3H3;5-6,8H,1-4,9H2. The van der Waals surface area contributed by atoms with Crippen LogP contribution in [0.25, 0.3) is 22.5 Å². The first-order chi connectivity index (χ1) is 36.2. The quantitative estimate of drug-likeness (QED) is 0.0871. The van der Waals surface area contributed by atoms with E-state index in [9.17, 15) is 9.59 Å². The molecule has 0 atom stereocenters. The SMILES string of the molecule is Cc1cc(-c2ccnc(Cl)n2)ccc1CCC(=O)N1CC(OC(C)C)C1.Cc1cc(-c2ccnc(Nc3cnn(C4CCOCC4)c3)n2)ccc1CCC(=O)N1CC(OC(C)C)C1.Nc1cnn(C2CCOCC2)c1. The highest BCUT2D eigenvalue weighted by atomic mass is 35.5. The van der Waals surface area contributed by atoms with Gasteiger partial charge in [0.25, 0.3) is 0 Å². The zero-order valence-electron chi connectivity index (χ0n) is 44.2. The zero-order chi connectivity index (χ0) is 52.8. The number of rotatable bonds is 16. The Balaban J connectivity index is 0.000000169. The summed E-state index contributed by atoms with van der Waals surface area (Å²) in [7, 11) is 0. The molecule has 2 aromatic carbocycles. The van der Waals surface area contributed by atoms with Crippen LogP contribution in [0.2, 0.25) is 5.28 Å². The van der Waals surface area contributed by atoms with Gasteiger partial charge in [-0.1, -0.05) is 24.3 Å². The maximum Gasteiger partial charge on any atom is 0.227 e. The predicted octanol–water partition coefficient (Wildman–Crippen LogP) is 8.80. The van der Waals surface area contributed by atoms with Crippen LogP contribution in [-0.2, 0) is 41.4 Å². The molecule has 0 unspecified atom stereocenters. The van der Waals surface area contributed by atoms with Crippen molar-refractivity contribution in [2.75, 3.05) is 63.7 Å². The maximum absolute atomic E-state index is 12.5. The summed E-state index contributed by atoms with van der Waals surface area (Å²) in [6, 6.07) is 17.1. The Bertz CT molecular complexity index is 2800. The summed E-state index contributed by atoms with van der Waals surface area (Å²) in [5.74, 6) is 0.920. The minimum Gasteiger partial charge on any atom is -0.396 e. The molecule has 0 saturated carbocycles. The molecule has 0 aliphatic carbocycles. The molecule has 0 bridgehead atoms. The van der Waals surface area contributed by atoms with Crippen molar-refractivity contribution in [3.05, 3.63) is 113 Å². The smallest absolute Gasteiger partial charge is 0.227 e. The number of likely N-dealkylation sites (tertiary alicyclic amines) is 2. The van der Waals surface area contributed by atoms with Crippen molar-refractivity contribution < 1.29 is 28.5 Å². The molecule has 3 N–H and O–H groups in total. The van der Waals surface area contributed by atoms with Gasteiger partial charge in [-0.25, -0.2) is 19.9 Å². The molecule has 10 rings (SSSR count). The second kappa shape index (κ2) is 26.4. The lowest BCUT2D eigenvalue weighted by atomic mass is 9.99. The second-order valence-corrected chi connectivity index (χ2v) is 20.6. The molecule has 400 valence electrons. The van der Waals surface area contributed by atoms with Gasteiger partial charge >= 0.3 is 0 Å². The number of carbonyl (C=O) groups excluding carboxylic acids is 2. The van der Waals surface area contributed by atoms with Gasteiger partial charge in [-0.2, -0.15) is 10.2 Å². The fourth-order valence-electron chi connectivity index (χ4n) is 9.55. The summed E-state index contributed by atoms with van der Waals surface area (Å²) in [5.41, 5.74) is 15.5. The Labute approximate surface area is 445 Å². The summed E-state index contributed by atoms with van der Waals surface area (Å²) in [5, 5.41) is 12.2. The number of anilines is 3. The van der Waals surface area contributed by atoms with Crippen molar-refractivity contribution in [3.63, 3.8) is 0 Å². The number of carbonyl (C=O) groups is 2. The van der Waals surface area contributed by atoms with Crippen LogP contribution in [-0.4, -0.2) is 138 Å². The molecular weight excluding hydrogens is 972 g/mol. The lowest BCUT2D eigenvalue weighted by Gasteiger charge is -2.40. The topological polar surface area (TPSA) is 203 Å². The fraction of sp³-hybridized carbons (Fsp3) is 0.500. The second-order valence-electron chi connectivity index (χ2n) is 20.2. The van der Waals surface area contributed by atoms with E-state index < -0.39 is 0 Å².